The average Bonchev–Trinajstić information content (AvgIpc) is 3.68. The minimum Gasteiger partial charge on any atom is -0.493 e. The SMILES string of the molecule is CCOc1cc(NC(=O)C2(NC(=O)c3ccc4c(C5CCCC5)c(-c5ccc(F)cn5)n(C)c4c3)CCC2)ccc1/C=C(\CC)C(=O)O. The van der Waals surface area contributed by atoms with E-state index < -0.39 is 17.3 Å². The third-order valence-electron chi connectivity index (χ3n) is 9.79. The lowest BCUT2D eigenvalue weighted by Crippen LogP contribution is -2.61. The highest BCUT2D eigenvalue weighted by Gasteiger charge is 2.45. The molecule has 6 rings (SSSR count). The first-order valence-corrected chi connectivity index (χ1v) is 16.7. The van der Waals surface area contributed by atoms with Crippen molar-refractivity contribution in [1.82, 2.24) is 14.9 Å². The highest BCUT2D eigenvalue weighted by atomic mass is 19.1. The average molecular weight is 653 g/mol. The summed E-state index contributed by atoms with van der Waals surface area (Å²) in [5, 5.41) is 16.5. The number of rotatable bonds is 11. The summed E-state index contributed by atoms with van der Waals surface area (Å²) in [6.45, 7) is 3.97. The number of aryl methyl sites for hydroxylation is 1. The number of halogens is 1. The van der Waals surface area contributed by atoms with E-state index in [2.05, 4.69) is 15.6 Å². The largest absolute Gasteiger partial charge is 0.493 e. The van der Waals surface area contributed by atoms with Crippen molar-refractivity contribution < 1.29 is 28.6 Å². The molecule has 0 atom stereocenters. The maximum Gasteiger partial charge on any atom is 0.331 e. The first-order valence-electron chi connectivity index (χ1n) is 16.7. The van der Waals surface area contributed by atoms with Gasteiger partial charge in [-0.25, -0.2) is 9.18 Å². The van der Waals surface area contributed by atoms with Crippen LogP contribution in [0.15, 0.2) is 60.3 Å². The molecule has 0 radical (unpaired) electrons. The summed E-state index contributed by atoms with van der Waals surface area (Å²) >= 11 is 0. The Morgan fingerprint density at radius 2 is 1.83 bits per heavy atom. The quantitative estimate of drug-likeness (QED) is 0.143. The Morgan fingerprint density at radius 1 is 1.06 bits per heavy atom. The van der Waals surface area contributed by atoms with Gasteiger partial charge < -0.3 is 25.0 Å². The second kappa shape index (κ2) is 13.6. The number of amides is 2. The summed E-state index contributed by atoms with van der Waals surface area (Å²) in [6, 6.07) is 13.9. The molecule has 2 aliphatic rings. The third kappa shape index (κ3) is 6.31. The fourth-order valence-electron chi connectivity index (χ4n) is 7.05. The fourth-order valence-corrected chi connectivity index (χ4v) is 7.05. The lowest BCUT2D eigenvalue weighted by molar-refractivity contribution is -0.132. The van der Waals surface area contributed by atoms with E-state index in [1.165, 1.54) is 17.8 Å². The van der Waals surface area contributed by atoms with E-state index >= 15 is 0 Å². The number of hydrogen-bond donors (Lipinski definition) is 3. The molecule has 0 spiro atoms. The van der Waals surface area contributed by atoms with Crippen LogP contribution < -0.4 is 15.4 Å². The maximum absolute atomic E-state index is 13.8. The summed E-state index contributed by atoms with van der Waals surface area (Å²) in [4.78, 5) is 43.4. The van der Waals surface area contributed by atoms with Gasteiger partial charge in [-0.15, -0.1) is 0 Å². The molecule has 2 aromatic carbocycles. The summed E-state index contributed by atoms with van der Waals surface area (Å²) in [5.41, 5.74) is 4.41. The van der Waals surface area contributed by atoms with E-state index in [0.717, 1.165) is 48.7 Å². The van der Waals surface area contributed by atoms with Gasteiger partial charge in [0, 0.05) is 46.4 Å². The van der Waals surface area contributed by atoms with Gasteiger partial charge in [0.1, 0.15) is 17.1 Å². The van der Waals surface area contributed by atoms with E-state index in [1.54, 1.807) is 37.3 Å². The smallest absolute Gasteiger partial charge is 0.331 e. The predicted octanol–water partition coefficient (Wildman–Crippen LogP) is 7.60. The van der Waals surface area contributed by atoms with Crippen molar-refractivity contribution in [2.75, 3.05) is 11.9 Å². The topological polar surface area (TPSA) is 123 Å². The summed E-state index contributed by atoms with van der Waals surface area (Å²) in [7, 11) is 1.95. The molecular weight excluding hydrogens is 611 g/mol. The summed E-state index contributed by atoms with van der Waals surface area (Å²) < 4.78 is 21.6. The molecule has 0 saturated heterocycles. The molecule has 0 unspecified atom stereocenters. The number of carboxylic acids is 1. The van der Waals surface area contributed by atoms with E-state index in [-0.39, 0.29) is 17.4 Å². The van der Waals surface area contributed by atoms with Crippen molar-refractivity contribution in [3.63, 3.8) is 0 Å². The van der Waals surface area contributed by atoms with Gasteiger partial charge in [0.25, 0.3) is 5.91 Å². The molecule has 2 heterocycles. The molecule has 2 fully saturated rings. The van der Waals surface area contributed by atoms with Gasteiger partial charge in [-0.3, -0.25) is 14.6 Å². The van der Waals surface area contributed by atoms with Crippen LogP contribution in [0.5, 0.6) is 5.75 Å². The van der Waals surface area contributed by atoms with Gasteiger partial charge >= 0.3 is 5.97 Å². The van der Waals surface area contributed by atoms with Crippen molar-refractivity contribution in [1.29, 1.82) is 0 Å². The molecule has 4 aromatic rings. The fraction of sp³-hybridized carbons (Fsp3) is 0.368. The number of carbonyl (C=O) groups is 3. The monoisotopic (exact) mass is 652 g/mol. The zero-order chi connectivity index (χ0) is 34.0. The molecule has 48 heavy (non-hydrogen) atoms. The van der Waals surface area contributed by atoms with E-state index in [0.29, 0.717) is 60.0 Å². The third-order valence-corrected chi connectivity index (χ3v) is 9.79. The molecule has 10 heteroatoms. The van der Waals surface area contributed by atoms with Gasteiger partial charge in [0.2, 0.25) is 5.91 Å². The molecular formula is C38H41FN4O5. The summed E-state index contributed by atoms with van der Waals surface area (Å²) in [5.74, 6) is -1.23. The van der Waals surface area contributed by atoms with Crippen LogP contribution in [0, 0.1) is 5.82 Å². The number of fused-ring (bicyclic) bond motifs is 1. The zero-order valence-corrected chi connectivity index (χ0v) is 27.6. The van der Waals surface area contributed by atoms with Crippen molar-refractivity contribution in [2.45, 2.75) is 76.7 Å². The van der Waals surface area contributed by atoms with E-state index in [1.807, 2.05) is 36.7 Å². The first kappa shape index (κ1) is 32.9. The highest BCUT2D eigenvalue weighted by Crippen LogP contribution is 2.44. The molecule has 2 aliphatic carbocycles. The molecule has 2 saturated carbocycles. The molecule has 0 bridgehead atoms. The number of carbonyl (C=O) groups excluding carboxylic acids is 2. The van der Waals surface area contributed by atoms with Crippen LogP contribution in [0.25, 0.3) is 28.4 Å². The Kier molecular flexibility index (Phi) is 9.35. The lowest BCUT2D eigenvalue weighted by Gasteiger charge is -2.40. The van der Waals surface area contributed by atoms with Crippen LogP contribution in [0.3, 0.4) is 0 Å². The van der Waals surface area contributed by atoms with Gasteiger partial charge in [-0.1, -0.05) is 25.8 Å². The number of aromatic nitrogens is 2. The van der Waals surface area contributed by atoms with Crippen LogP contribution in [-0.2, 0) is 16.6 Å². The maximum atomic E-state index is 13.8. The number of ether oxygens (including phenoxy) is 1. The van der Waals surface area contributed by atoms with Crippen LogP contribution in [0.1, 0.15) is 92.6 Å². The van der Waals surface area contributed by atoms with Crippen LogP contribution in [0.2, 0.25) is 0 Å². The molecule has 3 N–H and O–H groups in total. The Morgan fingerprint density at radius 3 is 2.46 bits per heavy atom. The van der Waals surface area contributed by atoms with Crippen molar-refractivity contribution in [3.8, 4) is 17.1 Å². The first-order chi connectivity index (χ1) is 23.1. The van der Waals surface area contributed by atoms with Crippen molar-refractivity contribution in [2.24, 2.45) is 7.05 Å². The number of nitrogens with zero attached hydrogens (tertiary/aromatic N) is 2. The van der Waals surface area contributed by atoms with Crippen molar-refractivity contribution >= 4 is 40.4 Å². The number of pyridine rings is 1. The highest BCUT2D eigenvalue weighted by molar-refractivity contribution is 6.06. The zero-order valence-electron chi connectivity index (χ0n) is 27.6. The Balaban J connectivity index is 1.26. The molecule has 9 nitrogen and oxygen atoms in total. The Hall–Kier alpha value is -4.99. The van der Waals surface area contributed by atoms with Crippen LogP contribution in [-0.4, -0.2) is 44.6 Å². The second-order valence-electron chi connectivity index (χ2n) is 12.8. The Bertz CT molecular complexity index is 1900. The second-order valence-corrected chi connectivity index (χ2v) is 12.8. The standard InChI is InChI=1S/C38H41FN4O5/c1-4-23(36(45)46)19-25-11-14-28(21-32(25)48-5-2)41-37(47)38(17-8-18-38)42-35(44)26-12-15-29-31(20-26)43(3)34(30-16-13-27(39)22-40-30)33(29)24-9-6-7-10-24/h11-16,19-22,24H,4-10,17-18H2,1-3H3,(H,41,47)(H,42,44)(H,45,46)/b23-19+. The summed E-state index contributed by atoms with van der Waals surface area (Å²) in [6.07, 6.45) is 9.41. The lowest BCUT2D eigenvalue weighted by atomic mass is 9.75. The minimum absolute atomic E-state index is 0.246. The Labute approximate surface area is 279 Å². The number of anilines is 1. The molecule has 2 amide bonds. The van der Waals surface area contributed by atoms with Gasteiger partial charge in [0.15, 0.2) is 0 Å². The molecule has 2 aromatic heterocycles. The molecule has 0 aliphatic heterocycles. The van der Waals surface area contributed by atoms with Gasteiger partial charge in [-0.05, 0) is 99.4 Å². The van der Waals surface area contributed by atoms with Gasteiger partial charge in [0.05, 0.1) is 24.2 Å². The number of aliphatic carboxylic acids is 1. The van der Waals surface area contributed by atoms with E-state index in [9.17, 15) is 23.9 Å². The number of carboxylic acid groups (broad SMARTS) is 1. The number of benzene rings is 2. The van der Waals surface area contributed by atoms with Crippen LogP contribution >= 0.6 is 0 Å². The van der Waals surface area contributed by atoms with Crippen molar-refractivity contribution in [3.05, 3.63) is 82.8 Å². The van der Waals surface area contributed by atoms with Gasteiger partial charge in [-0.2, -0.15) is 0 Å². The minimum atomic E-state index is -1.07. The number of nitrogens with one attached hydrogen (secondary N) is 2. The normalized spacial score (nSPS) is 16.0. The molecule has 250 valence electrons. The predicted molar refractivity (Wildman–Crippen MR) is 184 cm³/mol. The van der Waals surface area contributed by atoms with E-state index in [4.69, 9.17) is 4.74 Å². The number of hydrogen-bond acceptors (Lipinski definition) is 5. The van der Waals surface area contributed by atoms with Crippen LogP contribution in [0.4, 0.5) is 10.1 Å².